The van der Waals surface area contributed by atoms with Crippen molar-refractivity contribution in [2.75, 3.05) is 6.54 Å². The third-order valence-electron chi connectivity index (χ3n) is 4.99. The Balaban J connectivity index is 1.47. The van der Waals surface area contributed by atoms with E-state index in [1.54, 1.807) is 11.3 Å². The van der Waals surface area contributed by atoms with Gasteiger partial charge in [-0.05, 0) is 13.3 Å². The summed E-state index contributed by atoms with van der Waals surface area (Å²) >= 11 is 1.65. The van der Waals surface area contributed by atoms with Gasteiger partial charge in [0.15, 0.2) is 0 Å². The quantitative estimate of drug-likeness (QED) is 0.853. The fourth-order valence-corrected chi connectivity index (χ4v) is 4.40. The number of hydrogen-bond donors (Lipinski definition) is 0. The first kappa shape index (κ1) is 14.8. The van der Waals surface area contributed by atoms with Crippen LogP contribution in [0.1, 0.15) is 29.4 Å². The summed E-state index contributed by atoms with van der Waals surface area (Å²) < 4.78 is 2.06. The number of aromatic nitrogens is 3. The fraction of sp³-hybridized carbons (Fsp3) is 0.562. The van der Waals surface area contributed by atoms with E-state index in [9.17, 15) is 4.79 Å². The predicted octanol–water partition coefficient (Wildman–Crippen LogP) is 1.56. The minimum absolute atomic E-state index is 0.259. The highest BCUT2D eigenvalue weighted by Gasteiger charge is 2.46. The van der Waals surface area contributed by atoms with Gasteiger partial charge in [-0.3, -0.25) is 9.69 Å². The topological polar surface area (TPSA) is 54.3 Å². The summed E-state index contributed by atoms with van der Waals surface area (Å²) in [7, 11) is 2.02. The van der Waals surface area contributed by atoms with Gasteiger partial charge in [0.25, 0.3) is 0 Å². The maximum Gasteiger partial charge on any atom is 0.224 e. The molecule has 2 aromatic rings. The lowest BCUT2D eigenvalue weighted by atomic mass is 10.1. The Kier molecular flexibility index (Phi) is 3.69. The van der Waals surface area contributed by atoms with Gasteiger partial charge in [0, 0.05) is 49.9 Å². The molecule has 2 aromatic heterocycles. The van der Waals surface area contributed by atoms with Gasteiger partial charge in [-0.1, -0.05) is 0 Å². The van der Waals surface area contributed by atoms with E-state index >= 15 is 0 Å². The molecule has 6 nitrogen and oxygen atoms in total. The Hall–Kier alpha value is -1.73. The maximum atomic E-state index is 12.5. The van der Waals surface area contributed by atoms with Gasteiger partial charge in [-0.2, -0.15) is 0 Å². The molecule has 0 spiro atoms. The fourth-order valence-electron chi connectivity index (χ4n) is 3.80. The van der Waals surface area contributed by atoms with Crippen molar-refractivity contribution < 1.29 is 4.79 Å². The third-order valence-corrected chi connectivity index (χ3v) is 5.82. The molecule has 2 saturated heterocycles. The summed E-state index contributed by atoms with van der Waals surface area (Å²) in [6.07, 6.45) is 5.47. The number of aryl methyl sites for hydroxylation is 2. The highest BCUT2D eigenvalue weighted by Crippen LogP contribution is 2.34. The Bertz CT molecular complexity index is 724. The standard InChI is InChI=1S/C16H21N5OS/c1-11-18-12(10-23-11)8-21-13-3-5-20(14(13)7-16(21)22)9-15-17-4-6-19(15)2/h4,6,10,13-14H,3,5,7-9H2,1-2H3. The molecule has 2 atom stereocenters. The molecule has 4 rings (SSSR count). The Morgan fingerprint density at radius 2 is 2.22 bits per heavy atom. The molecule has 7 heteroatoms. The summed E-state index contributed by atoms with van der Waals surface area (Å²) in [4.78, 5) is 25.8. The van der Waals surface area contributed by atoms with Crippen molar-refractivity contribution in [1.29, 1.82) is 0 Å². The number of rotatable bonds is 4. The molecule has 2 aliphatic heterocycles. The van der Waals surface area contributed by atoms with Gasteiger partial charge in [0.05, 0.1) is 23.8 Å². The Labute approximate surface area is 139 Å². The summed E-state index contributed by atoms with van der Waals surface area (Å²) in [5.74, 6) is 1.32. The second-order valence-electron chi connectivity index (χ2n) is 6.43. The molecule has 0 aromatic carbocycles. The smallest absolute Gasteiger partial charge is 0.224 e. The Morgan fingerprint density at radius 3 is 2.91 bits per heavy atom. The lowest BCUT2D eigenvalue weighted by molar-refractivity contribution is -0.129. The normalized spacial score (nSPS) is 24.6. The van der Waals surface area contributed by atoms with Crippen molar-refractivity contribution >= 4 is 17.2 Å². The zero-order valence-corrected chi connectivity index (χ0v) is 14.3. The van der Waals surface area contributed by atoms with Crippen LogP contribution in [0.25, 0.3) is 0 Å². The zero-order valence-electron chi connectivity index (χ0n) is 13.5. The van der Waals surface area contributed by atoms with E-state index in [2.05, 4.69) is 24.8 Å². The molecule has 1 amide bonds. The number of hydrogen-bond acceptors (Lipinski definition) is 5. The molecule has 0 bridgehead atoms. The van der Waals surface area contributed by atoms with Crippen LogP contribution in [0.4, 0.5) is 0 Å². The number of fused-ring (bicyclic) bond motifs is 1. The molecule has 0 saturated carbocycles. The van der Waals surface area contributed by atoms with Gasteiger partial charge in [-0.15, -0.1) is 11.3 Å². The van der Waals surface area contributed by atoms with Gasteiger partial charge in [0.2, 0.25) is 5.91 Å². The highest BCUT2D eigenvalue weighted by atomic mass is 32.1. The summed E-state index contributed by atoms with van der Waals surface area (Å²) in [6.45, 7) is 4.51. The van der Waals surface area contributed by atoms with Crippen molar-refractivity contribution in [3.63, 3.8) is 0 Å². The largest absolute Gasteiger partial charge is 0.337 e. The number of amides is 1. The van der Waals surface area contributed by atoms with Crippen molar-refractivity contribution in [1.82, 2.24) is 24.3 Å². The van der Waals surface area contributed by atoms with Crippen LogP contribution in [0.5, 0.6) is 0 Å². The van der Waals surface area contributed by atoms with E-state index in [0.717, 1.165) is 36.0 Å². The van der Waals surface area contributed by atoms with Crippen molar-refractivity contribution in [3.8, 4) is 0 Å². The molecule has 2 fully saturated rings. The summed E-state index contributed by atoms with van der Waals surface area (Å²) in [5, 5.41) is 3.13. The number of carbonyl (C=O) groups excluding carboxylic acids is 1. The van der Waals surface area contributed by atoms with Crippen LogP contribution in [-0.2, 0) is 24.9 Å². The van der Waals surface area contributed by atoms with Gasteiger partial charge < -0.3 is 9.47 Å². The first-order valence-electron chi connectivity index (χ1n) is 8.02. The van der Waals surface area contributed by atoms with E-state index in [0.29, 0.717) is 25.0 Å². The molecule has 2 aliphatic rings. The number of carbonyl (C=O) groups is 1. The van der Waals surface area contributed by atoms with E-state index in [4.69, 9.17) is 0 Å². The van der Waals surface area contributed by atoms with E-state index in [-0.39, 0.29) is 5.91 Å². The number of thiazole rings is 1. The van der Waals surface area contributed by atoms with Crippen LogP contribution in [0, 0.1) is 6.92 Å². The Morgan fingerprint density at radius 1 is 1.35 bits per heavy atom. The van der Waals surface area contributed by atoms with Crippen LogP contribution in [0.15, 0.2) is 17.8 Å². The van der Waals surface area contributed by atoms with Crippen LogP contribution >= 0.6 is 11.3 Å². The van der Waals surface area contributed by atoms with Crippen molar-refractivity contribution in [2.45, 2.75) is 44.9 Å². The average molecular weight is 331 g/mol. The van der Waals surface area contributed by atoms with Crippen molar-refractivity contribution in [2.24, 2.45) is 7.05 Å². The molecule has 4 heterocycles. The van der Waals surface area contributed by atoms with Crippen molar-refractivity contribution in [3.05, 3.63) is 34.3 Å². The number of likely N-dealkylation sites (tertiary alicyclic amines) is 2. The van der Waals surface area contributed by atoms with Gasteiger partial charge in [-0.25, -0.2) is 9.97 Å². The highest BCUT2D eigenvalue weighted by molar-refractivity contribution is 7.09. The second kappa shape index (κ2) is 5.72. The molecule has 2 unspecified atom stereocenters. The first-order valence-corrected chi connectivity index (χ1v) is 8.90. The zero-order chi connectivity index (χ0) is 16.0. The molecular weight excluding hydrogens is 310 g/mol. The monoisotopic (exact) mass is 331 g/mol. The van der Waals surface area contributed by atoms with E-state index < -0.39 is 0 Å². The number of nitrogens with zero attached hydrogens (tertiary/aromatic N) is 5. The second-order valence-corrected chi connectivity index (χ2v) is 7.49. The molecular formula is C16H21N5OS. The summed E-state index contributed by atoms with van der Waals surface area (Å²) in [6, 6.07) is 0.642. The van der Waals surface area contributed by atoms with Crippen LogP contribution in [0.3, 0.4) is 0 Å². The molecule has 23 heavy (non-hydrogen) atoms. The average Bonchev–Trinajstić information content (AvgIpc) is 3.25. The lowest BCUT2D eigenvalue weighted by Gasteiger charge is -2.24. The van der Waals surface area contributed by atoms with Gasteiger partial charge >= 0.3 is 0 Å². The minimum Gasteiger partial charge on any atom is -0.337 e. The molecule has 0 N–H and O–H groups in total. The maximum absolute atomic E-state index is 12.5. The van der Waals surface area contributed by atoms with E-state index in [1.165, 1.54) is 0 Å². The molecule has 0 radical (unpaired) electrons. The SMILES string of the molecule is Cc1nc(CN2C(=O)CC3C2CCN3Cc2nccn2C)cs1. The van der Waals surface area contributed by atoms with Crippen LogP contribution < -0.4 is 0 Å². The summed E-state index contributed by atoms with van der Waals surface area (Å²) in [5.41, 5.74) is 1.02. The van der Waals surface area contributed by atoms with Crippen LogP contribution in [0.2, 0.25) is 0 Å². The van der Waals surface area contributed by atoms with Gasteiger partial charge in [0.1, 0.15) is 5.82 Å². The van der Waals surface area contributed by atoms with Crippen LogP contribution in [-0.4, -0.2) is 48.9 Å². The van der Waals surface area contributed by atoms with E-state index in [1.807, 2.05) is 31.3 Å². The predicted molar refractivity (Wildman–Crippen MR) is 87.8 cm³/mol. The third kappa shape index (κ3) is 2.68. The molecule has 0 aliphatic carbocycles. The number of imidazole rings is 1. The molecule has 122 valence electrons. The lowest BCUT2D eigenvalue weighted by Crippen LogP contribution is -2.37. The first-order chi connectivity index (χ1) is 11.1. The minimum atomic E-state index is 0.259.